The quantitative estimate of drug-likeness (QED) is 0.721. The molecule has 1 N–H and O–H groups in total. The number of alkyl halides is 3. The summed E-state index contributed by atoms with van der Waals surface area (Å²) in [6.07, 6.45) is -1.78. The number of ether oxygens (including phenoxy) is 2. The van der Waals surface area contributed by atoms with Crippen molar-refractivity contribution >= 4 is 34.8 Å². The zero-order chi connectivity index (χ0) is 10.3. The molecule has 2 atom stereocenters. The Morgan fingerprint density at radius 2 is 2.00 bits per heavy atom. The van der Waals surface area contributed by atoms with Gasteiger partial charge in [-0.15, -0.1) is 0 Å². The van der Waals surface area contributed by atoms with Crippen molar-refractivity contribution in [2.24, 2.45) is 0 Å². The topological polar surface area (TPSA) is 38.7 Å². The van der Waals surface area contributed by atoms with Crippen molar-refractivity contribution in [3.63, 3.8) is 0 Å². The third-order valence-electron chi connectivity index (χ3n) is 1.72. The minimum atomic E-state index is -1.74. The molecule has 0 spiro atoms. The van der Waals surface area contributed by atoms with E-state index >= 15 is 0 Å². The minimum Gasteiger partial charge on any atom is -0.386 e. The zero-order valence-electron chi connectivity index (χ0n) is 7.26. The predicted molar refractivity (Wildman–Crippen MR) is 51.2 cm³/mol. The summed E-state index contributed by atoms with van der Waals surface area (Å²) in [7, 11) is 0. The summed E-state index contributed by atoms with van der Waals surface area (Å²) in [6.45, 7) is 3.69. The van der Waals surface area contributed by atoms with Crippen LogP contribution in [0.25, 0.3) is 0 Å². The molecule has 0 unspecified atom stereocenters. The van der Waals surface area contributed by atoms with Crippen molar-refractivity contribution in [3.05, 3.63) is 0 Å². The van der Waals surface area contributed by atoms with E-state index in [1.807, 2.05) is 0 Å². The van der Waals surface area contributed by atoms with Crippen molar-refractivity contribution in [2.75, 3.05) is 6.61 Å². The Morgan fingerprint density at radius 3 is 2.31 bits per heavy atom. The Hall–Kier alpha value is 0.750. The van der Waals surface area contributed by atoms with Gasteiger partial charge in [0, 0.05) is 0 Å². The van der Waals surface area contributed by atoms with Crippen LogP contribution >= 0.6 is 34.8 Å². The molecule has 13 heavy (non-hydrogen) atoms. The largest absolute Gasteiger partial charge is 0.386 e. The van der Waals surface area contributed by atoms with Crippen LogP contribution in [-0.2, 0) is 9.47 Å². The number of hydrogen-bond donors (Lipinski definition) is 1. The van der Waals surface area contributed by atoms with E-state index < -0.39 is 21.8 Å². The van der Waals surface area contributed by atoms with Crippen molar-refractivity contribution < 1.29 is 14.6 Å². The first-order chi connectivity index (χ1) is 5.72. The lowest BCUT2D eigenvalue weighted by atomic mass is 10.2. The fraction of sp³-hybridized carbons (Fsp3) is 1.00. The molecule has 1 fully saturated rings. The Kier molecular flexibility index (Phi) is 3.38. The lowest BCUT2D eigenvalue weighted by molar-refractivity contribution is -0.150. The van der Waals surface area contributed by atoms with Crippen LogP contribution in [0.3, 0.4) is 0 Å². The fourth-order valence-electron chi connectivity index (χ4n) is 1.08. The highest BCUT2D eigenvalue weighted by atomic mass is 35.6. The van der Waals surface area contributed by atoms with Crippen LogP contribution < -0.4 is 0 Å². The Bertz CT molecular complexity index is 190. The van der Waals surface area contributed by atoms with Crippen LogP contribution in [-0.4, -0.2) is 33.5 Å². The molecule has 0 aromatic rings. The third-order valence-corrected chi connectivity index (χ3v) is 2.39. The van der Waals surface area contributed by atoms with E-state index in [2.05, 4.69) is 0 Å². The van der Waals surface area contributed by atoms with Crippen LogP contribution in [0.4, 0.5) is 0 Å². The average molecular weight is 250 g/mol. The van der Waals surface area contributed by atoms with Gasteiger partial charge in [-0.1, -0.05) is 34.8 Å². The lowest BCUT2D eigenvalue weighted by Gasteiger charge is -2.24. The molecule has 0 aliphatic carbocycles. The molecule has 0 aromatic carbocycles. The van der Waals surface area contributed by atoms with E-state index in [0.29, 0.717) is 0 Å². The van der Waals surface area contributed by atoms with Gasteiger partial charge < -0.3 is 14.6 Å². The van der Waals surface area contributed by atoms with Gasteiger partial charge in [0.25, 0.3) is 0 Å². The molecule has 6 heteroatoms. The lowest BCUT2D eigenvalue weighted by Crippen LogP contribution is -2.39. The second-order valence-corrected chi connectivity index (χ2v) is 5.72. The highest BCUT2D eigenvalue weighted by Crippen LogP contribution is 2.36. The molecule has 0 aromatic heterocycles. The van der Waals surface area contributed by atoms with Gasteiger partial charge in [0.05, 0.1) is 6.61 Å². The first-order valence-corrected chi connectivity index (χ1v) is 4.92. The molecule has 1 saturated heterocycles. The first kappa shape index (κ1) is 11.8. The van der Waals surface area contributed by atoms with Crippen LogP contribution in [0.2, 0.25) is 0 Å². The first-order valence-electron chi connectivity index (χ1n) is 3.79. The maximum Gasteiger partial charge on any atom is 0.218 e. The second-order valence-electron chi connectivity index (χ2n) is 3.35. The van der Waals surface area contributed by atoms with Crippen molar-refractivity contribution in [1.29, 1.82) is 0 Å². The summed E-state index contributed by atoms with van der Waals surface area (Å²) >= 11 is 16.5. The Labute approximate surface area is 91.9 Å². The van der Waals surface area contributed by atoms with E-state index in [1.165, 1.54) is 0 Å². The summed E-state index contributed by atoms with van der Waals surface area (Å²) in [5, 5.41) is 9.52. The fourth-order valence-corrected chi connectivity index (χ4v) is 1.50. The zero-order valence-corrected chi connectivity index (χ0v) is 9.53. The summed E-state index contributed by atoms with van der Waals surface area (Å²) in [5.41, 5.74) is 0. The van der Waals surface area contributed by atoms with Crippen molar-refractivity contribution in [3.8, 4) is 0 Å². The number of aliphatic hydroxyl groups is 1. The van der Waals surface area contributed by atoms with Gasteiger partial charge >= 0.3 is 0 Å². The molecule has 3 nitrogen and oxygen atoms in total. The molecule has 1 aliphatic heterocycles. The molecule has 0 radical (unpaired) electrons. The maximum absolute atomic E-state index is 9.52. The third kappa shape index (κ3) is 3.11. The predicted octanol–water partition coefficient (Wildman–Crippen LogP) is 1.87. The second kappa shape index (κ2) is 3.72. The van der Waals surface area contributed by atoms with Crippen LogP contribution in [0.1, 0.15) is 13.8 Å². The number of rotatable bonds is 1. The monoisotopic (exact) mass is 248 g/mol. The molecular weight excluding hydrogens is 238 g/mol. The van der Waals surface area contributed by atoms with Crippen molar-refractivity contribution in [1.82, 2.24) is 0 Å². The van der Waals surface area contributed by atoms with E-state index in [-0.39, 0.29) is 6.61 Å². The molecule has 78 valence electrons. The van der Waals surface area contributed by atoms with Gasteiger partial charge in [-0.25, -0.2) is 0 Å². The number of halogens is 3. The molecule has 0 saturated carbocycles. The van der Waals surface area contributed by atoms with E-state index in [1.54, 1.807) is 13.8 Å². The van der Waals surface area contributed by atoms with Gasteiger partial charge in [0.2, 0.25) is 3.79 Å². The highest BCUT2D eigenvalue weighted by molar-refractivity contribution is 6.68. The van der Waals surface area contributed by atoms with Gasteiger partial charge in [0.15, 0.2) is 5.79 Å². The number of aliphatic hydroxyl groups excluding tert-OH is 1. The maximum atomic E-state index is 9.52. The summed E-state index contributed by atoms with van der Waals surface area (Å²) in [4.78, 5) is 0. The molecule has 1 heterocycles. The van der Waals surface area contributed by atoms with Gasteiger partial charge in [-0.2, -0.15) is 0 Å². The van der Waals surface area contributed by atoms with Crippen LogP contribution in [0.15, 0.2) is 0 Å². The standard InChI is InChI=1S/C7H11Cl3O3/c1-6(2)12-3-4(13-6)5(11)7(8,9)10/h4-5,11H,3H2,1-2H3/t4-,5+/m0/s1. The number of hydrogen-bond acceptors (Lipinski definition) is 3. The van der Waals surface area contributed by atoms with Gasteiger partial charge in [-0.3, -0.25) is 0 Å². The van der Waals surface area contributed by atoms with Crippen molar-refractivity contribution in [2.45, 2.75) is 35.6 Å². The smallest absolute Gasteiger partial charge is 0.218 e. The van der Waals surface area contributed by atoms with Gasteiger partial charge in [-0.05, 0) is 13.8 Å². The van der Waals surface area contributed by atoms with E-state index in [4.69, 9.17) is 44.3 Å². The molecule has 0 amide bonds. The Balaban J connectivity index is 2.57. The summed E-state index contributed by atoms with van der Waals surface area (Å²) in [6, 6.07) is 0. The highest BCUT2D eigenvalue weighted by Gasteiger charge is 2.44. The van der Waals surface area contributed by atoms with Crippen LogP contribution in [0.5, 0.6) is 0 Å². The van der Waals surface area contributed by atoms with Crippen LogP contribution in [0, 0.1) is 0 Å². The molecule has 0 bridgehead atoms. The van der Waals surface area contributed by atoms with E-state index in [0.717, 1.165) is 0 Å². The molecule has 1 aliphatic rings. The minimum absolute atomic E-state index is 0.224. The van der Waals surface area contributed by atoms with E-state index in [9.17, 15) is 5.11 Å². The Morgan fingerprint density at radius 1 is 1.46 bits per heavy atom. The SMILES string of the molecule is CC1(C)OC[C@@H]([C@@H](O)C(Cl)(Cl)Cl)O1. The normalized spacial score (nSPS) is 30.5. The van der Waals surface area contributed by atoms with Gasteiger partial charge in [0.1, 0.15) is 12.2 Å². The molecule has 1 rings (SSSR count). The average Bonchev–Trinajstić information content (AvgIpc) is 2.26. The molecular formula is C7H11Cl3O3. The summed E-state index contributed by atoms with van der Waals surface area (Å²) < 4.78 is 8.78. The summed E-state index contributed by atoms with van der Waals surface area (Å²) in [5.74, 6) is -0.721.